The van der Waals surface area contributed by atoms with Gasteiger partial charge in [-0.05, 0) is 43.9 Å². The molecule has 0 aromatic rings. The van der Waals surface area contributed by atoms with Crippen LogP contribution in [0.5, 0.6) is 0 Å². The van der Waals surface area contributed by atoms with Crippen molar-refractivity contribution >= 4 is 6.03 Å². The van der Waals surface area contributed by atoms with Crippen LogP contribution in [0.15, 0.2) is 0 Å². The van der Waals surface area contributed by atoms with Gasteiger partial charge in [-0.2, -0.15) is 0 Å². The zero-order valence-corrected chi connectivity index (χ0v) is 12.9. The summed E-state index contributed by atoms with van der Waals surface area (Å²) in [6, 6.07) is 0.422. The molecule has 1 rings (SSSR count). The van der Waals surface area contributed by atoms with Crippen molar-refractivity contribution in [3.8, 4) is 0 Å². The molecule has 19 heavy (non-hydrogen) atoms. The van der Waals surface area contributed by atoms with E-state index in [2.05, 4.69) is 19.2 Å². The molecule has 0 saturated carbocycles. The third-order valence-corrected chi connectivity index (χ3v) is 4.11. The van der Waals surface area contributed by atoms with Crippen LogP contribution in [0.1, 0.15) is 53.4 Å². The second-order valence-corrected chi connectivity index (χ2v) is 6.84. The van der Waals surface area contributed by atoms with Crippen molar-refractivity contribution < 1.29 is 9.90 Å². The number of nitrogens with zero attached hydrogens (tertiary/aromatic N) is 1. The van der Waals surface area contributed by atoms with E-state index in [-0.39, 0.29) is 18.1 Å². The van der Waals surface area contributed by atoms with E-state index in [0.29, 0.717) is 18.5 Å². The molecule has 1 fully saturated rings. The SMILES string of the molecule is CC1CCC(C)N(C(=O)NCCCC(C)(C)CO)C1. The molecule has 4 heteroatoms. The Bertz CT molecular complexity index is 292. The maximum atomic E-state index is 12.1. The average Bonchev–Trinajstić information content (AvgIpc) is 2.37. The van der Waals surface area contributed by atoms with Gasteiger partial charge in [0.25, 0.3) is 0 Å². The summed E-state index contributed by atoms with van der Waals surface area (Å²) in [5, 5.41) is 12.2. The molecular formula is C15H30N2O2. The Morgan fingerprint density at radius 1 is 1.37 bits per heavy atom. The molecule has 4 nitrogen and oxygen atoms in total. The average molecular weight is 270 g/mol. The smallest absolute Gasteiger partial charge is 0.317 e. The highest BCUT2D eigenvalue weighted by atomic mass is 16.3. The molecule has 1 saturated heterocycles. The molecule has 0 spiro atoms. The van der Waals surface area contributed by atoms with Crippen molar-refractivity contribution in [3.63, 3.8) is 0 Å². The zero-order chi connectivity index (χ0) is 14.5. The van der Waals surface area contributed by atoms with Crippen molar-refractivity contribution in [2.45, 2.75) is 59.4 Å². The number of amides is 2. The minimum atomic E-state index is -0.0440. The Kier molecular flexibility index (Phi) is 6.11. The molecule has 0 bridgehead atoms. The van der Waals surface area contributed by atoms with E-state index in [0.717, 1.165) is 25.8 Å². The first-order valence-corrected chi connectivity index (χ1v) is 7.51. The summed E-state index contributed by atoms with van der Waals surface area (Å²) >= 11 is 0. The van der Waals surface area contributed by atoms with Gasteiger partial charge in [-0.25, -0.2) is 4.79 Å². The van der Waals surface area contributed by atoms with Gasteiger partial charge in [-0.3, -0.25) is 0 Å². The molecular weight excluding hydrogens is 240 g/mol. The number of urea groups is 1. The van der Waals surface area contributed by atoms with Gasteiger partial charge in [0, 0.05) is 25.7 Å². The van der Waals surface area contributed by atoms with Gasteiger partial charge in [-0.1, -0.05) is 20.8 Å². The molecule has 0 aromatic heterocycles. The van der Waals surface area contributed by atoms with Crippen LogP contribution in [0.25, 0.3) is 0 Å². The van der Waals surface area contributed by atoms with E-state index < -0.39 is 0 Å². The van der Waals surface area contributed by atoms with E-state index in [9.17, 15) is 9.90 Å². The quantitative estimate of drug-likeness (QED) is 0.755. The minimum Gasteiger partial charge on any atom is -0.396 e. The van der Waals surface area contributed by atoms with E-state index in [1.54, 1.807) is 0 Å². The number of aliphatic hydroxyl groups is 1. The van der Waals surface area contributed by atoms with Gasteiger partial charge in [0.15, 0.2) is 0 Å². The molecule has 0 aliphatic carbocycles. The standard InChI is InChI=1S/C15H30N2O2/c1-12-6-7-13(2)17(10-12)14(19)16-9-5-8-15(3,4)11-18/h12-13,18H,5-11H2,1-4H3,(H,16,19). The molecule has 2 unspecified atom stereocenters. The van der Waals surface area contributed by atoms with Crippen LogP contribution in [-0.2, 0) is 0 Å². The highest BCUT2D eigenvalue weighted by Crippen LogP contribution is 2.22. The molecule has 2 amide bonds. The number of aliphatic hydroxyl groups excluding tert-OH is 1. The Labute approximate surface area is 117 Å². The lowest BCUT2D eigenvalue weighted by atomic mass is 9.89. The van der Waals surface area contributed by atoms with Gasteiger partial charge in [0.2, 0.25) is 0 Å². The van der Waals surface area contributed by atoms with Crippen molar-refractivity contribution in [1.82, 2.24) is 10.2 Å². The lowest BCUT2D eigenvalue weighted by molar-refractivity contribution is 0.133. The largest absolute Gasteiger partial charge is 0.396 e. The summed E-state index contributed by atoms with van der Waals surface area (Å²) in [4.78, 5) is 14.1. The molecule has 1 aliphatic heterocycles. The fraction of sp³-hybridized carbons (Fsp3) is 0.933. The number of nitrogens with one attached hydrogen (secondary N) is 1. The number of carbonyl (C=O) groups excluding carboxylic acids is 1. The lowest BCUT2D eigenvalue weighted by Crippen LogP contribution is -2.49. The number of carbonyl (C=O) groups is 1. The highest BCUT2D eigenvalue weighted by molar-refractivity contribution is 5.74. The van der Waals surface area contributed by atoms with Gasteiger partial charge in [0.1, 0.15) is 0 Å². The maximum absolute atomic E-state index is 12.1. The van der Waals surface area contributed by atoms with Crippen LogP contribution in [0.4, 0.5) is 4.79 Å². The normalized spacial score (nSPS) is 24.4. The summed E-state index contributed by atoms with van der Waals surface area (Å²) in [6.07, 6.45) is 4.16. The van der Waals surface area contributed by atoms with Gasteiger partial charge < -0.3 is 15.3 Å². The van der Waals surface area contributed by atoms with Crippen LogP contribution in [0.3, 0.4) is 0 Å². The predicted octanol–water partition coefficient (Wildman–Crippen LogP) is 2.62. The predicted molar refractivity (Wildman–Crippen MR) is 78.1 cm³/mol. The van der Waals surface area contributed by atoms with Crippen molar-refractivity contribution in [2.75, 3.05) is 19.7 Å². The third kappa shape index (κ3) is 5.39. The first kappa shape index (κ1) is 16.3. The lowest BCUT2D eigenvalue weighted by Gasteiger charge is -2.36. The van der Waals surface area contributed by atoms with Crippen molar-refractivity contribution in [1.29, 1.82) is 0 Å². The van der Waals surface area contributed by atoms with E-state index in [1.807, 2.05) is 18.7 Å². The van der Waals surface area contributed by atoms with Gasteiger partial charge in [0.05, 0.1) is 0 Å². The van der Waals surface area contributed by atoms with Crippen LogP contribution < -0.4 is 5.32 Å². The van der Waals surface area contributed by atoms with E-state index >= 15 is 0 Å². The minimum absolute atomic E-state index is 0.0440. The van der Waals surface area contributed by atoms with Gasteiger partial charge in [-0.15, -0.1) is 0 Å². The Morgan fingerprint density at radius 2 is 2.05 bits per heavy atom. The molecule has 0 aromatic carbocycles. The first-order chi connectivity index (χ1) is 8.85. The molecule has 1 heterocycles. The van der Waals surface area contributed by atoms with E-state index in [4.69, 9.17) is 0 Å². The second-order valence-electron chi connectivity index (χ2n) is 6.84. The van der Waals surface area contributed by atoms with Crippen molar-refractivity contribution in [3.05, 3.63) is 0 Å². The molecule has 0 radical (unpaired) electrons. The Morgan fingerprint density at radius 3 is 2.68 bits per heavy atom. The molecule has 2 atom stereocenters. The third-order valence-electron chi connectivity index (χ3n) is 4.11. The summed E-state index contributed by atoms with van der Waals surface area (Å²) < 4.78 is 0. The fourth-order valence-corrected chi connectivity index (χ4v) is 2.51. The summed E-state index contributed by atoms with van der Waals surface area (Å²) in [5.74, 6) is 0.607. The van der Waals surface area contributed by atoms with Gasteiger partial charge >= 0.3 is 6.03 Å². The first-order valence-electron chi connectivity index (χ1n) is 7.51. The summed E-state index contributed by atoms with van der Waals surface area (Å²) in [5.41, 5.74) is -0.0440. The summed E-state index contributed by atoms with van der Waals surface area (Å²) in [7, 11) is 0. The van der Waals surface area contributed by atoms with Crippen LogP contribution >= 0.6 is 0 Å². The molecule has 2 N–H and O–H groups in total. The maximum Gasteiger partial charge on any atom is 0.317 e. The van der Waals surface area contributed by atoms with Crippen molar-refractivity contribution in [2.24, 2.45) is 11.3 Å². The highest BCUT2D eigenvalue weighted by Gasteiger charge is 2.26. The monoisotopic (exact) mass is 270 g/mol. The van der Waals surface area contributed by atoms with E-state index in [1.165, 1.54) is 6.42 Å². The number of hydrogen-bond donors (Lipinski definition) is 2. The number of likely N-dealkylation sites (tertiary alicyclic amines) is 1. The Hall–Kier alpha value is -0.770. The number of piperidine rings is 1. The number of rotatable bonds is 5. The second kappa shape index (κ2) is 7.13. The molecule has 1 aliphatic rings. The topological polar surface area (TPSA) is 52.6 Å². The van der Waals surface area contributed by atoms with Crippen LogP contribution in [0.2, 0.25) is 0 Å². The molecule has 112 valence electrons. The zero-order valence-electron chi connectivity index (χ0n) is 12.9. The summed E-state index contributed by atoms with van der Waals surface area (Å²) in [6.45, 7) is 10.2. The number of hydrogen-bond acceptors (Lipinski definition) is 2. The fourth-order valence-electron chi connectivity index (χ4n) is 2.51. The van der Waals surface area contributed by atoms with Crippen LogP contribution in [-0.4, -0.2) is 41.8 Å². The van der Waals surface area contributed by atoms with Crippen LogP contribution in [0, 0.1) is 11.3 Å². The Balaban J connectivity index is 2.27.